The van der Waals surface area contributed by atoms with E-state index in [0.717, 1.165) is 0 Å². The van der Waals surface area contributed by atoms with Crippen molar-refractivity contribution >= 4 is 0 Å². The third kappa shape index (κ3) is 5.54. The number of hydrogen-bond donors (Lipinski definition) is 4. The minimum Gasteiger partial charge on any atom is -0.738 e. The molecule has 1 unspecified atom stereocenters. The Morgan fingerprint density at radius 3 is 2.50 bits per heavy atom. The molecule has 7 heteroatoms. The van der Waals surface area contributed by atoms with Crippen LogP contribution in [-0.2, 0) is 0 Å². The van der Waals surface area contributed by atoms with Gasteiger partial charge in [0.2, 0.25) is 0 Å². The molecule has 0 radical (unpaired) electrons. The van der Waals surface area contributed by atoms with Crippen LogP contribution in [0.4, 0.5) is 0 Å². The van der Waals surface area contributed by atoms with E-state index in [-0.39, 0.29) is 42.7 Å². The van der Waals surface area contributed by atoms with E-state index in [1.54, 1.807) is 0 Å². The molecule has 0 aromatic carbocycles. The number of aliphatic hydroxyl groups excluding tert-OH is 1. The van der Waals surface area contributed by atoms with Crippen molar-refractivity contribution in [3.05, 3.63) is 5.21 Å². The molecule has 0 spiro atoms. The van der Waals surface area contributed by atoms with E-state index in [9.17, 15) is 5.21 Å². The van der Waals surface area contributed by atoms with Crippen LogP contribution in [0.15, 0.2) is 0 Å². The molecular formula is C3H11N3NaO3+. The predicted octanol–water partition coefficient (Wildman–Crippen LogP) is -5.89. The van der Waals surface area contributed by atoms with E-state index in [2.05, 4.69) is 0 Å². The summed E-state index contributed by atoms with van der Waals surface area (Å²) >= 11 is 0. The van der Waals surface area contributed by atoms with E-state index in [1.165, 1.54) is 17.6 Å². The standard InChI is InChI=1S/C3H10N3O3.Na/c1-5(2-3-7)6(9)4-8;/h4,7,9H,2-3H2,1H3;/q-1;+1/p+1. The second kappa shape index (κ2) is 7.86. The maximum absolute atomic E-state index is 9.69. The molecule has 56 valence electrons. The predicted molar refractivity (Wildman–Crippen MR) is 29.0 cm³/mol. The van der Waals surface area contributed by atoms with Crippen LogP contribution < -0.4 is 40.4 Å². The summed E-state index contributed by atoms with van der Waals surface area (Å²) in [6, 6.07) is 0. The first kappa shape index (κ1) is 13.4. The van der Waals surface area contributed by atoms with Crippen molar-refractivity contribution in [2.45, 2.75) is 0 Å². The molecule has 0 aliphatic rings. The first-order valence-electron chi connectivity index (χ1n) is 2.48. The molecule has 0 aromatic heterocycles. The van der Waals surface area contributed by atoms with Crippen LogP contribution in [0, 0.1) is 5.21 Å². The van der Waals surface area contributed by atoms with E-state index in [0.29, 0.717) is 0 Å². The summed E-state index contributed by atoms with van der Waals surface area (Å²) in [5, 5.41) is 27.3. The van der Waals surface area contributed by atoms with Crippen LogP contribution in [-0.4, -0.2) is 35.5 Å². The van der Waals surface area contributed by atoms with Gasteiger partial charge in [0.1, 0.15) is 0 Å². The third-order valence-corrected chi connectivity index (χ3v) is 0.888. The van der Waals surface area contributed by atoms with Gasteiger partial charge in [0, 0.05) is 7.05 Å². The van der Waals surface area contributed by atoms with Crippen molar-refractivity contribution in [3.8, 4) is 0 Å². The Morgan fingerprint density at radius 1 is 1.70 bits per heavy atom. The van der Waals surface area contributed by atoms with Crippen molar-refractivity contribution in [2.24, 2.45) is 0 Å². The molecule has 6 nitrogen and oxygen atoms in total. The van der Waals surface area contributed by atoms with Crippen LogP contribution in [0.25, 0.3) is 0 Å². The summed E-state index contributed by atoms with van der Waals surface area (Å²) in [7, 11) is 1.48. The molecule has 0 heterocycles. The van der Waals surface area contributed by atoms with Crippen LogP contribution in [0.3, 0.4) is 0 Å². The Labute approximate surface area is 81.2 Å². The van der Waals surface area contributed by atoms with Crippen molar-refractivity contribution < 1.29 is 45.2 Å². The van der Waals surface area contributed by atoms with Gasteiger partial charge in [-0.3, -0.25) is 0 Å². The van der Waals surface area contributed by atoms with E-state index < -0.39 is 5.28 Å². The Bertz CT molecular complexity index is 76.0. The molecule has 1 atom stereocenters. The quantitative estimate of drug-likeness (QED) is 0.243. The molecule has 0 aromatic rings. The molecule has 4 N–H and O–H groups in total. The van der Waals surface area contributed by atoms with Crippen molar-refractivity contribution in [2.75, 3.05) is 20.2 Å². The Kier molecular flexibility index (Phi) is 10.5. The monoisotopic (exact) mass is 160 g/mol. The fourth-order valence-electron chi connectivity index (χ4n) is 0.334. The van der Waals surface area contributed by atoms with E-state index >= 15 is 0 Å². The van der Waals surface area contributed by atoms with Crippen LogP contribution in [0.5, 0.6) is 0 Å². The van der Waals surface area contributed by atoms with E-state index in [4.69, 9.17) is 10.3 Å². The van der Waals surface area contributed by atoms with Gasteiger partial charge in [-0.1, -0.05) is 5.28 Å². The zero-order valence-corrected chi connectivity index (χ0v) is 8.16. The summed E-state index contributed by atoms with van der Waals surface area (Å²) in [5.41, 5.74) is 1.29. The second-order valence-electron chi connectivity index (χ2n) is 1.57. The van der Waals surface area contributed by atoms with Gasteiger partial charge in [-0.15, -0.1) is 5.01 Å². The summed E-state index contributed by atoms with van der Waals surface area (Å²) in [6.45, 7) is 0.142. The number of nitrogens with zero attached hydrogens (tertiary/aromatic N) is 1. The average Bonchev–Trinajstić information content (AvgIpc) is 1.87. The molecule has 0 aliphatic heterocycles. The fraction of sp³-hybridized carbons (Fsp3) is 1.00. The minimum absolute atomic E-state index is 0. The van der Waals surface area contributed by atoms with Crippen LogP contribution in [0.1, 0.15) is 0 Å². The van der Waals surface area contributed by atoms with E-state index in [1.807, 2.05) is 0 Å². The molecule has 10 heavy (non-hydrogen) atoms. The van der Waals surface area contributed by atoms with Gasteiger partial charge in [0.15, 0.2) is 0 Å². The van der Waals surface area contributed by atoms with Gasteiger partial charge in [-0.05, 0) is 0 Å². The van der Waals surface area contributed by atoms with Gasteiger partial charge in [-0.2, -0.15) is 10.8 Å². The fourth-order valence-corrected chi connectivity index (χ4v) is 0.334. The van der Waals surface area contributed by atoms with Crippen LogP contribution >= 0.6 is 0 Å². The summed E-state index contributed by atoms with van der Waals surface area (Å²) in [4.78, 5) is 0. The number of nitrogens with one attached hydrogen (secondary N) is 2. The summed E-state index contributed by atoms with van der Waals surface area (Å²) in [5.74, 6) is 0. The Balaban J connectivity index is 0. The molecule has 0 aliphatic carbocycles. The molecule has 0 saturated heterocycles. The minimum atomic E-state index is -0.482. The topological polar surface area (TPSA) is 83.2 Å². The number of hydrogen-bond acceptors (Lipinski definition) is 5. The number of quaternary nitrogens is 1. The normalized spacial score (nSPS) is 12.9. The molecule has 0 amide bonds. The maximum atomic E-state index is 9.69. The Morgan fingerprint density at radius 2 is 2.20 bits per heavy atom. The first-order chi connectivity index (χ1) is 4.22. The van der Waals surface area contributed by atoms with Gasteiger partial charge in [0.05, 0.1) is 13.2 Å². The van der Waals surface area contributed by atoms with Crippen molar-refractivity contribution in [1.82, 2.24) is 10.6 Å². The van der Waals surface area contributed by atoms with Gasteiger partial charge >= 0.3 is 29.6 Å². The summed E-state index contributed by atoms with van der Waals surface area (Å²) < 4.78 is 0. The van der Waals surface area contributed by atoms with Crippen molar-refractivity contribution in [3.63, 3.8) is 0 Å². The third-order valence-electron chi connectivity index (χ3n) is 0.888. The molecular weight excluding hydrogens is 149 g/mol. The number of likely N-dealkylation sites (N-methyl/N-ethyl adjacent to an activating group) is 1. The first-order valence-corrected chi connectivity index (χ1v) is 2.48. The number of aliphatic hydroxyl groups is 1. The largest absolute Gasteiger partial charge is 1.00 e. The summed E-state index contributed by atoms with van der Waals surface area (Å²) in [6.07, 6.45) is 0. The maximum Gasteiger partial charge on any atom is 1.00 e. The van der Waals surface area contributed by atoms with Gasteiger partial charge in [-0.25, -0.2) is 0 Å². The molecule has 0 fully saturated rings. The molecule has 0 rings (SSSR count). The van der Waals surface area contributed by atoms with Crippen LogP contribution in [0.2, 0.25) is 0 Å². The zero-order chi connectivity index (χ0) is 7.28. The number of rotatable bonds is 4. The average molecular weight is 160 g/mol. The molecule has 0 bridgehead atoms. The molecule has 0 saturated carbocycles. The van der Waals surface area contributed by atoms with Gasteiger partial charge in [0.25, 0.3) is 0 Å². The smallest absolute Gasteiger partial charge is 0.738 e. The second-order valence-corrected chi connectivity index (χ2v) is 1.57. The zero-order valence-electron chi connectivity index (χ0n) is 6.16. The Hall–Kier alpha value is 0.760. The van der Waals surface area contributed by atoms with Crippen molar-refractivity contribution in [1.29, 1.82) is 0 Å². The SMILES string of the molecule is CN(CCO)[NH+](O)N[O-].[Na+]. The van der Waals surface area contributed by atoms with Gasteiger partial charge < -0.3 is 10.3 Å².